The summed E-state index contributed by atoms with van der Waals surface area (Å²) in [6, 6.07) is 5.84. The van der Waals surface area contributed by atoms with Crippen LogP contribution in [0.4, 0.5) is 5.82 Å². The lowest BCUT2D eigenvalue weighted by atomic mass is 10.1. The molecule has 1 aromatic heterocycles. The van der Waals surface area contributed by atoms with Gasteiger partial charge in [0, 0.05) is 6.54 Å². The van der Waals surface area contributed by atoms with Gasteiger partial charge in [0.2, 0.25) is 0 Å². The number of nitrogens with one attached hydrogen (secondary N) is 1. The minimum atomic E-state index is -0.774. The van der Waals surface area contributed by atoms with Gasteiger partial charge in [0.05, 0.1) is 5.56 Å². The van der Waals surface area contributed by atoms with Crippen LogP contribution in [0, 0.1) is 13.8 Å². The predicted octanol–water partition coefficient (Wildman–Crippen LogP) is 2.41. The van der Waals surface area contributed by atoms with Crippen LogP contribution < -0.4 is 10.1 Å². The molecule has 0 saturated heterocycles. The maximum absolute atomic E-state index is 11.0. The number of carbonyl (C=O) groups excluding carboxylic acids is 1. The van der Waals surface area contributed by atoms with Gasteiger partial charge in [-0.1, -0.05) is 29.3 Å². The third-order valence-corrected chi connectivity index (χ3v) is 3.52. The van der Waals surface area contributed by atoms with E-state index in [-0.39, 0.29) is 29.7 Å². The van der Waals surface area contributed by atoms with E-state index in [1.54, 1.807) is 0 Å². The average molecular weight is 336 g/mol. The number of benzene rings is 1. The molecule has 2 aromatic rings. The summed E-state index contributed by atoms with van der Waals surface area (Å²) in [5, 5.41) is 12.9. The van der Waals surface area contributed by atoms with Gasteiger partial charge in [-0.25, -0.2) is 9.97 Å². The van der Waals surface area contributed by atoms with Crippen molar-refractivity contribution in [2.75, 3.05) is 18.5 Å². The van der Waals surface area contributed by atoms with E-state index in [0.29, 0.717) is 6.29 Å². The van der Waals surface area contributed by atoms with Crippen molar-refractivity contribution in [1.29, 1.82) is 0 Å². The van der Waals surface area contributed by atoms with Crippen molar-refractivity contribution >= 4 is 23.7 Å². The number of carbonyl (C=O) groups is 1. The van der Waals surface area contributed by atoms with Crippen molar-refractivity contribution in [3.8, 4) is 5.75 Å². The molecule has 2 N–H and O–H groups in total. The van der Waals surface area contributed by atoms with E-state index in [9.17, 15) is 9.90 Å². The van der Waals surface area contributed by atoms with Gasteiger partial charge in [0.25, 0.3) is 0 Å². The first-order chi connectivity index (χ1) is 11.0. The first-order valence-electron chi connectivity index (χ1n) is 7.09. The number of aliphatic hydroxyl groups is 1. The number of nitrogens with zero attached hydrogens (tertiary/aromatic N) is 2. The minimum absolute atomic E-state index is 0.0681. The Hall–Kier alpha value is -2.18. The fraction of sp³-hybridized carbons (Fsp3) is 0.312. The molecule has 0 radical (unpaired) electrons. The molecule has 7 heteroatoms. The fourth-order valence-electron chi connectivity index (χ4n) is 2.04. The van der Waals surface area contributed by atoms with Crippen LogP contribution in [-0.2, 0) is 0 Å². The van der Waals surface area contributed by atoms with E-state index in [1.165, 1.54) is 6.33 Å². The molecule has 0 amide bonds. The first kappa shape index (κ1) is 17.2. The van der Waals surface area contributed by atoms with Gasteiger partial charge < -0.3 is 15.2 Å². The van der Waals surface area contributed by atoms with Crippen molar-refractivity contribution in [2.24, 2.45) is 0 Å². The van der Waals surface area contributed by atoms with E-state index in [2.05, 4.69) is 15.3 Å². The maximum atomic E-state index is 11.0. The number of aromatic nitrogens is 2. The van der Waals surface area contributed by atoms with E-state index in [0.717, 1.165) is 16.9 Å². The summed E-state index contributed by atoms with van der Waals surface area (Å²) in [5.74, 6) is 1.01. The standard InChI is InChI=1S/C16H18ClN3O3/c1-10-3-4-14(11(2)5-10)23-8-12(22)6-18-16-13(7-21)15(17)19-9-20-16/h3-5,7,9,12,22H,6,8H2,1-2H3,(H,18,19,20). The summed E-state index contributed by atoms with van der Waals surface area (Å²) < 4.78 is 5.60. The lowest BCUT2D eigenvalue weighted by Crippen LogP contribution is -2.27. The number of aryl methyl sites for hydroxylation is 2. The zero-order valence-corrected chi connectivity index (χ0v) is 13.7. The third kappa shape index (κ3) is 4.64. The molecule has 0 fully saturated rings. The molecule has 122 valence electrons. The molecule has 2 rings (SSSR count). The van der Waals surface area contributed by atoms with Crippen molar-refractivity contribution in [1.82, 2.24) is 9.97 Å². The Morgan fingerprint density at radius 3 is 2.87 bits per heavy atom. The van der Waals surface area contributed by atoms with Crippen LogP contribution in [0.2, 0.25) is 5.15 Å². The Bertz CT molecular complexity index is 694. The number of hydrogen-bond donors (Lipinski definition) is 2. The van der Waals surface area contributed by atoms with Gasteiger partial charge in [0.15, 0.2) is 6.29 Å². The topological polar surface area (TPSA) is 84.3 Å². The third-order valence-electron chi connectivity index (χ3n) is 3.22. The Labute approximate surface area is 139 Å². The summed E-state index contributed by atoms with van der Waals surface area (Å²) in [5.41, 5.74) is 2.33. The molecule has 23 heavy (non-hydrogen) atoms. The highest BCUT2D eigenvalue weighted by atomic mass is 35.5. The Kier molecular flexibility index (Phi) is 5.90. The van der Waals surface area contributed by atoms with Crippen LogP contribution in [0.15, 0.2) is 24.5 Å². The van der Waals surface area contributed by atoms with Gasteiger partial charge in [-0.05, 0) is 25.5 Å². The molecular formula is C16H18ClN3O3. The summed E-state index contributed by atoms with van der Waals surface area (Å²) in [6.45, 7) is 4.24. The van der Waals surface area contributed by atoms with Gasteiger partial charge in [-0.3, -0.25) is 4.79 Å². The van der Waals surface area contributed by atoms with E-state index in [4.69, 9.17) is 16.3 Å². The number of hydrogen-bond acceptors (Lipinski definition) is 6. The van der Waals surface area contributed by atoms with E-state index < -0.39 is 6.10 Å². The van der Waals surface area contributed by atoms with Crippen LogP contribution in [0.5, 0.6) is 5.75 Å². The quantitative estimate of drug-likeness (QED) is 0.597. The molecule has 0 aliphatic carbocycles. The Morgan fingerprint density at radius 2 is 2.17 bits per heavy atom. The molecular weight excluding hydrogens is 318 g/mol. The van der Waals surface area contributed by atoms with Crippen LogP contribution in [-0.4, -0.2) is 40.6 Å². The van der Waals surface area contributed by atoms with Gasteiger partial charge >= 0.3 is 0 Å². The smallest absolute Gasteiger partial charge is 0.156 e. The monoisotopic (exact) mass is 335 g/mol. The zero-order chi connectivity index (χ0) is 16.8. The van der Waals surface area contributed by atoms with Crippen molar-refractivity contribution in [2.45, 2.75) is 20.0 Å². The SMILES string of the molecule is Cc1ccc(OCC(O)CNc2ncnc(Cl)c2C=O)c(C)c1. The highest BCUT2D eigenvalue weighted by Gasteiger charge is 2.11. The molecule has 1 atom stereocenters. The number of aldehydes is 1. The van der Waals surface area contributed by atoms with E-state index >= 15 is 0 Å². The lowest BCUT2D eigenvalue weighted by Gasteiger charge is -2.15. The lowest BCUT2D eigenvalue weighted by molar-refractivity contribution is 0.112. The second kappa shape index (κ2) is 7.89. The predicted molar refractivity (Wildman–Crippen MR) is 88.3 cm³/mol. The number of ether oxygens (including phenoxy) is 1. The molecule has 1 aromatic carbocycles. The van der Waals surface area contributed by atoms with Crippen LogP contribution in [0.25, 0.3) is 0 Å². The highest BCUT2D eigenvalue weighted by Crippen LogP contribution is 2.19. The molecule has 1 unspecified atom stereocenters. The summed E-state index contributed by atoms with van der Waals surface area (Å²) in [6.07, 6.45) is 1.04. The Balaban J connectivity index is 1.89. The van der Waals surface area contributed by atoms with Crippen LogP contribution in [0.3, 0.4) is 0 Å². The van der Waals surface area contributed by atoms with Crippen LogP contribution >= 0.6 is 11.6 Å². The number of aliphatic hydroxyl groups excluding tert-OH is 1. The average Bonchev–Trinajstić information content (AvgIpc) is 2.52. The van der Waals surface area contributed by atoms with Gasteiger partial charge in [-0.15, -0.1) is 0 Å². The maximum Gasteiger partial charge on any atom is 0.156 e. The van der Waals surface area contributed by atoms with E-state index in [1.807, 2.05) is 32.0 Å². The van der Waals surface area contributed by atoms with Crippen molar-refractivity contribution in [3.63, 3.8) is 0 Å². The number of rotatable bonds is 7. The molecule has 0 aliphatic rings. The van der Waals surface area contributed by atoms with Crippen molar-refractivity contribution < 1.29 is 14.6 Å². The van der Waals surface area contributed by atoms with Gasteiger partial charge in [-0.2, -0.15) is 0 Å². The molecule has 0 aliphatic heterocycles. The summed E-state index contributed by atoms with van der Waals surface area (Å²) in [7, 11) is 0. The number of halogens is 1. The molecule has 6 nitrogen and oxygen atoms in total. The molecule has 0 bridgehead atoms. The Morgan fingerprint density at radius 1 is 1.39 bits per heavy atom. The summed E-state index contributed by atoms with van der Waals surface area (Å²) in [4.78, 5) is 18.6. The molecule has 0 saturated carbocycles. The fourth-order valence-corrected chi connectivity index (χ4v) is 2.22. The van der Waals surface area contributed by atoms with Gasteiger partial charge in [0.1, 0.15) is 35.8 Å². The van der Waals surface area contributed by atoms with Crippen LogP contribution in [0.1, 0.15) is 21.5 Å². The second-order valence-electron chi connectivity index (χ2n) is 5.16. The minimum Gasteiger partial charge on any atom is -0.491 e. The highest BCUT2D eigenvalue weighted by molar-refractivity contribution is 6.32. The largest absolute Gasteiger partial charge is 0.491 e. The molecule has 0 spiro atoms. The first-order valence-corrected chi connectivity index (χ1v) is 7.46. The second-order valence-corrected chi connectivity index (χ2v) is 5.52. The number of anilines is 1. The zero-order valence-electron chi connectivity index (χ0n) is 12.9. The van der Waals surface area contributed by atoms with Crippen molar-refractivity contribution in [3.05, 3.63) is 46.4 Å². The summed E-state index contributed by atoms with van der Waals surface area (Å²) >= 11 is 5.81. The molecule has 1 heterocycles. The normalized spacial score (nSPS) is 11.8.